The Kier molecular flexibility index (Phi) is 5.17. The molecule has 0 unspecified atom stereocenters. The van der Waals surface area contributed by atoms with Gasteiger partial charge in [-0.1, -0.05) is 6.07 Å². The monoisotopic (exact) mass is 355 g/mol. The van der Waals surface area contributed by atoms with Gasteiger partial charge in [0.15, 0.2) is 12.4 Å². The Morgan fingerprint density at radius 3 is 2.69 bits per heavy atom. The third kappa shape index (κ3) is 4.18. The minimum Gasteiger partial charge on any atom is -0.495 e. The highest BCUT2D eigenvalue weighted by atomic mass is 19.1. The fourth-order valence-corrected chi connectivity index (χ4v) is 2.33. The molecule has 134 valence electrons. The van der Waals surface area contributed by atoms with E-state index in [0.29, 0.717) is 17.2 Å². The molecule has 0 fully saturated rings. The first-order chi connectivity index (χ1) is 12.5. The second-order valence-electron chi connectivity index (χ2n) is 5.63. The van der Waals surface area contributed by atoms with Gasteiger partial charge >= 0.3 is 0 Å². The smallest absolute Gasteiger partial charge is 0.276 e. The van der Waals surface area contributed by atoms with Crippen molar-refractivity contribution in [2.24, 2.45) is 0 Å². The highest BCUT2D eigenvalue weighted by molar-refractivity contribution is 6.03. The quantitative estimate of drug-likeness (QED) is 0.733. The van der Waals surface area contributed by atoms with Crippen LogP contribution in [0.4, 0.5) is 10.1 Å². The molecule has 1 heterocycles. The normalized spacial score (nSPS) is 10.4. The molecule has 7 heteroatoms. The first kappa shape index (κ1) is 17.5. The number of carbonyl (C=O) groups excluding carboxylic acids is 1. The van der Waals surface area contributed by atoms with Crippen LogP contribution >= 0.6 is 0 Å². The van der Waals surface area contributed by atoms with Crippen LogP contribution in [0, 0.1) is 12.7 Å². The average molecular weight is 355 g/mol. The number of hydrogen-bond acceptors (Lipinski definition) is 4. The number of methoxy groups -OCH3 is 1. The largest absolute Gasteiger partial charge is 0.495 e. The first-order valence-electron chi connectivity index (χ1n) is 7.93. The molecule has 1 N–H and O–H groups in total. The van der Waals surface area contributed by atoms with Crippen LogP contribution in [-0.4, -0.2) is 22.8 Å². The van der Waals surface area contributed by atoms with Gasteiger partial charge in [-0.15, -0.1) is 0 Å². The van der Waals surface area contributed by atoms with Gasteiger partial charge in [-0.05, 0) is 55.0 Å². The molecule has 0 radical (unpaired) electrons. The van der Waals surface area contributed by atoms with Gasteiger partial charge in [0.2, 0.25) is 0 Å². The van der Waals surface area contributed by atoms with E-state index in [0.717, 1.165) is 5.56 Å². The summed E-state index contributed by atoms with van der Waals surface area (Å²) in [5.74, 6) is 0.400. The standard InChI is InChI=1S/C19H18FN3O3/c1-13-3-8-18(25-2)17(11-13)21-19(24)16-9-10-23(22-16)12-26-15-6-4-14(20)5-7-15/h3-11H,12H2,1-2H3,(H,21,24). The zero-order chi connectivity index (χ0) is 18.5. The van der Waals surface area contributed by atoms with Gasteiger partial charge in [0, 0.05) is 6.20 Å². The molecule has 0 saturated carbocycles. The van der Waals surface area contributed by atoms with Gasteiger partial charge in [0.05, 0.1) is 12.8 Å². The zero-order valence-corrected chi connectivity index (χ0v) is 14.4. The lowest BCUT2D eigenvalue weighted by molar-refractivity contribution is 0.102. The molecule has 1 aromatic heterocycles. The number of ether oxygens (including phenoxy) is 2. The summed E-state index contributed by atoms with van der Waals surface area (Å²) in [6, 6.07) is 12.8. The minimum absolute atomic E-state index is 0.104. The molecule has 2 aromatic carbocycles. The van der Waals surface area contributed by atoms with Gasteiger partial charge in [0.25, 0.3) is 5.91 Å². The van der Waals surface area contributed by atoms with Crippen LogP contribution in [0.1, 0.15) is 16.1 Å². The first-order valence-corrected chi connectivity index (χ1v) is 7.93. The molecular formula is C19H18FN3O3. The highest BCUT2D eigenvalue weighted by Crippen LogP contribution is 2.25. The third-order valence-electron chi connectivity index (χ3n) is 3.65. The van der Waals surface area contributed by atoms with E-state index in [4.69, 9.17) is 9.47 Å². The predicted octanol–water partition coefficient (Wildman–Crippen LogP) is 3.63. The number of anilines is 1. The minimum atomic E-state index is -0.352. The van der Waals surface area contributed by atoms with Gasteiger partial charge in [-0.2, -0.15) is 5.10 Å². The number of nitrogens with one attached hydrogen (secondary N) is 1. The van der Waals surface area contributed by atoms with E-state index in [1.54, 1.807) is 25.4 Å². The Labute approximate surface area is 150 Å². The summed E-state index contributed by atoms with van der Waals surface area (Å²) in [7, 11) is 1.54. The van der Waals surface area contributed by atoms with E-state index < -0.39 is 0 Å². The molecule has 0 atom stereocenters. The Morgan fingerprint density at radius 1 is 1.19 bits per heavy atom. The van der Waals surface area contributed by atoms with Crippen LogP contribution in [0.3, 0.4) is 0 Å². The molecule has 0 bridgehead atoms. The van der Waals surface area contributed by atoms with E-state index in [1.165, 1.54) is 28.9 Å². The van der Waals surface area contributed by atoms with Crippen molar-refractivity contribution in [2.45, 2.75) is 13.7 Å². The van der Waals surface area contributed by atoms with Crippen molar-refractivity contribution in [3.8, 4) is 11.5 Å². The molecular weight excluding hydrogens is 337 g/mol. The maximum absolute atomic E-state index is 12.9. The van der Waals surface area contributed by atoms with Gasteiger partial charge in [0.1, 0.15) is 17.3 Å². The summed E-state index contributed by atoms with van der Waals surface area (Å²) >= 11 is 0. The van der Waals surface area contributed by atoms with Crippen molar-refractivity contribution < 1.29 is 18.7 Å². The molecule has 0 saturated heterocycles. The van der Waals surface area contributed by atoms with Gasteiger partial charge < -0.3 is 14.8 Å². The Bertz CT molecular complexity index is 907. The number of amides is 1. The van der Waals surface area contributed by atoms with E-state index in [2.05, 4.69) is 10.4 Å². The van der Waals surface area contributed by atoms with E-state index in [9.17, 15) is 9.18 Å². The summed E-state index contributed by atoms with van der Waals surface area (Å²) in [5.41, 5.74) is 1.82. The molecule has 0 aliphatic rings. The molecule has 3 rings (SSSR count). The van der Waals surface area contributed by atoms with Crippen molar-refractivity contribution in [1.29, 1.82) is 0 Å². The second kappa shape index (κ2) is 7.69. The summed E-state index contributed by atoms with van der Waals surface area (Å²) in [6.45, 7) is 2.03. The SMILES string of the molecule is COc1ccc(C)cc1NC(=O)c1ccn(COc2ccc(F)cc2)n1. The van der Waals surface area contributed by atoms with Gasteiger partial charge in [-0.3, -0.25) is 4.79 Å². The number of rotatable bonds is 6. The number of nitrogens with zero attached hydrogens (tertiary/aromatic N) is 2. The van der Waals surface area contributed by atoms with Crippen LogP contribution in [0.25, 0.3) is 0 Å². The van der Waals surface area contributed by atoms with Crippen molar-refractivity contribution >= 4 is 11.6 Å². The topological polar surface area (TPSA) is 65.4 Å². The van der Waals surface area contributed by atoms with Crippen molar-refractivity contribution in [3.05, 3.63) is 71.8 Å². The van der Waals surface area contributed by atoms with Gasteiger partial charge in [-0.25, -0.2) is 9.07 Å². The van der Waals surface area contributed by atoms with Crippen LogP contribution in [0.5, 0.6) is 11.5 Å². The fourth-order valence-electron chi connectivity index (χ4n) is 2.33. The van der Waals surface area contributed by atoms with E-state index in [1.807, 2.05) is 19.1 Å². The fraction of sp³-hybridized carbons (Fsp3) is 0.158. The lowest BCUT2D eigenvalue weighted by atomic mass is 10.2. The average Bonchev–Trinajstić information content (AvgIpc) is 3.11. The Hall–Kier alpha value is -3.35. The van der Waals surface area contributed by atoms with Crippen molar-refractivity contribution in [2.75, 3.05) is 12.4 Å². The molecule has 0 spiro atoms. The molecule has 0 aliphatic heterocycles. The molecule has 3 aromatic rings. The summed E-state index contributed by atoms with van der Waals surface area (Å²) < 4.78 is 25.1. The van der Waals surface area contributed by atoms with Crippen LogP contribution in [-0.2, 0) is 6.73 Å². The number of benzene rings is 2. The molecule has 6 nitrogen and oxygen atoms in total. The number of aryl methyl sites for hydroxylation is 1. The second-order valence-corrected chi connectivity index (χ2v) is 5.63. The van der Waals surface area contributed by atoms with E-state index in [-0.39, 0.29) is 24.1 Å². The Morgan fingerprint density at radius 2 is 1.96 bits per heavy atom. The third-order valence-corrected chi connectivity index (χ3v) is 3.65. The predicted molar refractivity (Wildman–Crippen MR) is 94.9 cm³/mol. The number of carbonyl (C=O) groups is 1. The van der Waals surface area contributed by atoms with Crippen LogP contribution in [0.2, 0.25) is 0 Å². The van der Waals surface area contributed by atoms with Crippen molar-refractivity contribution in [3.63, 3.8) is 0 Å². The molecule has 0 aliphatic carbocycles. The van der Waals surface area contributed by atoms with Crippen LogP contribution < -0.4 is 14.8 Å². The summed E-state index contributed by atoms with van der Waals surface area (Å²) in [4.78, 5) is 12.4. The van der Waals surface area contributed by atoms with Crippen LogP contribution in [0.15, 0.2) is 54.7 Å². The molecule has 26 heavy (non-hydrogen) atoms. The molecule has 1 amide bonds. The Balaban J connectivity index is 1.64. The summed E-state index contributed by atoms with van der Waals surface area (Å²) in [6.07, 6.45) is 1.63. The lowest BCUT2D eigenvalue weighted by Crippen LogP contribution is -2.15. The summed E-state index contributed by atoms with van der Waals surface area (Å²) in [5, 5.41) is 6.97. The maximum Gasteiger partial charge on any atom is 0.276 e. The number of hydrogen-bond donors (Lipinski definition) is 1. The maximum atomic E-state index is 12.9. The number of aromatic nitrogens is 2. The van der Waals surface area contributed by atoms with E-state index >= 15 is 0 Å². The zero-order valence-electron chi connectivity index (χ0n) is 14.4. The lowest BCUT2D eigenvalue weighted by Gasteiger charge is -2.10. The highest BCUT2D eigenvalue weighted by Gasteiger charge is 2.13. The number of halogens is 1. The van der Waals surface area contributed by atoms with Crippen molar-refractivity contribution in [1.82, 2.24) is 9.78 Å².